The van der Waals surface area contributed by atoms with Gasteiger partial charge in [-0.05, 0) is 30.4 Å². The van der Waals surface area contributed by atoms with Crippen LogP contribution in [0.1, 0.15) is 36.6 Å². The van der Waals surface area contributed by atoms with Gasteiger partial charge in [-0.3, -0.25) is 0 Å². The topological polar surface area (TPSA) is 21.3 Å². The maximum atomic E-state index is 5.24. The molecule has 0 saturated carbocycles. The van der Waals surface area contributed by atoms with E-state index in [9.17, 15) is 0 Å². The highest BCUT2D eigenvalue weighted by Gasteiger charge is 2.08. The quantitative estimate of drug-likeness (QED) is 0.753. The molecule has 1 N–H and O–H groups in total. The Balaban J connectivity index is 2.34. The molecule has 1 aromatic heterocycles. The van der Waals surface area contributed by atoms with Crippen molar-refractivity contribution in [2.75, 3.05) is 13.7 Å². The Bertz CT molecular complexity index is 285. The van der Waals surface area contributed by atoms with Crippen molar-refractivity contribution >= 4 is 11.3 Å². The Morgan fingerprint density at radius 3 is 2.88 bits per heavy atom. The fraction of sp³-hybridized carbons (Fsp3) is 0.692. The van der Waals surface area contributed by atoms with E-state index in [2.05, 4.69) is 30.6 Å². The largest absolute Gasteiger partial charge is 0.383 e. The summed E-state index contributed by atoms with van der Waals surface area (Å²) in [5.41, 5.74) is 1.39. The molecule has 0 radical (unpaired) electrons. The van der Waals surface area contributed by atoms with E-state index in [1.54, 1.807) is 7.11 Å². The zero-order valence-corrected chi connectivity index (χ0v) is 11.4. The summed E-state index contributed by atoms with van der Waals surface area (Å²) in [5, 5.41) is 5.74. The summed E-state index contributed by atoms with van der Waals surface area (Å²) < 4.78 is 5.24. The molecule has 0 aromatic carbocycles. The molecule has 1 aromatic rings. The maximum absolute atomic E-state index is 5.24. The summed E-state index contributed by atoms with van der Waals surface area (Å²) in [6, 6.07) is 2.67. The molecule has 0 fully saturated rings. The van der Waals surface area contributed by atoms with Gasteiger partial charge in [0, 0.05) is 24.6 Å². The first-order valence-electron chi connectivity index (χ1n) is 6.03. The lowest BCUT2D eigenvalue weighted by molar-refractivity contribution is 0.161. The number of hydrogen-bond donors (Lipinski definition) is 1. The van der Waals surface area contributed by atoms with Gasteiger partial charge in [-0.25, -0.2) is 0 Å². The highest BCUT2D eigenvalue weighted by Crippen LogP contribution is 2.15. The van der Waals surface area contributed by atoms with E-state index >= 15 is 0 Å². The first-order chi connectivity index (χ1) is 7.77. The maximum Gasteiger partial charge on any atom is 0.0615 e. The fourth-order valence-electron chi connectivity index (χ4n) is 1.72. The molecule has 1 heterocycles. The standard InChI is InChI=1S/C13H23NOS/c1-4-5-6-12(10-15-3)14-9-13-11(2)7-8-16-13/h7-8,12,14H,4-6,9-10H2,1-3H3. The molecule has 16 heavy (non-hydrogen) atoms. The summed E-state index contributed by atoms with van der Waals surface area (Å²) in [6.45, 7) is 6.18. The van der Waals surface area contributed by atoms with Crippen LogP contribution < -0.4 is 5.32 Å². The molecule has 0 bridgehead atoms. The van der Waals surface area contributed by atoms with Crippen LogP contribution in [-0.4, -0.2) is 19.8 Å². The first kappa shape index (κ1) is 13.7. The highest BCUT2D eigenvalue weighted by atomic mass is 32.1. The second-order valence-corrected chi connectivity index (χ2v) is 5.20. The van der Waals surface area contributed by atoms with Crippen molar-refractivity contribution < 1.29 is 4.74 Å². The van der Waals surface area contributed by atoms with Gasteiger partial charge in [-0.2, -0.15) is 0 Å². The normalized spacial score (nSPS) is 12.9. The van der Waals surface area contributed by atoms with Gasteiger partial charge in [0.1, 0.15) is 0 Å². The molecule has 0 amide bonds. The van der Waals surface area contributed by atoms with Gasteiger partial charge < -0.3 is 10.1 Å². The van der Waals surface area contributed by atoms with Crippen molar-refractivity contribution in [1.82, 2.24) is 5.32 Å². The van der Waals surface area contributed by atoms with Gasteiger partial charge in [0.25, 0.3) is 0 Å². The third kappa shape index (κ3) is 4.64. The van der Waals surface area contributed by atoms with Gasteiger partial charge in [0.05, 0.1) is 6.61 Å². The minimum absolute atomic E-state index is 0.492. The molecular formula is C13H23NOS. The van der Waals surface area contributed by atoms with E-state index in [0.29, 0.717) is 6.04 Å². The summed E-state index contributed by atoms with van der Waals surface area (Å²) in [6.07, 6.45) is 3.72. The van der Waals surface area contributed by atoms with Gasteiger partial charge in [-0.15, -0.1) is 11.3 Å². The molecular weight excluding hydrogens is 218 g/mol. The molecule has 0 saturated heterocycles. The minimum atomic E-state index is 0.492. The van der Waals surface area contributed by atoms with E-state index in [-0.39, 0.29) is 0 Å². The second kappa shape index (κ2) is 7.82. The van der Waals surface area contributed by atoms with Crippen LogP contribution in [0.2, 0.25) is 0 Å². The summed E-state index contributed by atoms with van der Waals surface area (Å²) in [5.74, 6) is 0. The highest BCUT2D eigenvalue weighted by molar-refractivity contribution is 7.10. The molecule has 0 aliphatic rings. The van der Waals surface area contributed by atoms with Crippen LogP contribution in [0, 0.1) is 6.92 Å². The van der Waals surface area contributed by atoms with Gasteiger partial charge in [0.15, 0.2) is 0 Å². The van der Waals surface area contributed by atoms with Crippen molar-refractivity contribution in [2.45, 2.75) is 45.7 Å². The molecule has 1 atom stereocenters. The van der Waals surface area contributed by atoms with Crippen molar-refractivity contribution in [2.24, 2.45) is 0 Å². The number of aryl methyl sites for hydroxylation is 1. The molecule has 1 rings (SSSR count). The predicted octanol–water partition coefficient (Wildman–Crippen LogP) is 3.35. The minimum Gasteiger partial charge on any atom is -0.383 e. The lowest BCUT2D eigenvalue weighted by Crippen LogP contribution is -2.32. The second-order valence-electron chi connectivity index (χ2n) is 4.20. The van der Waals surface area contributed by atoms with Crippen molar-refractivity contribution in [3.8, 4) is 0 Å². The third-order valence-electron chi connectivity index (χ3n) is 2.79. The van der Waals surface area contributed by atoms with E-state index in [4.69, 9.17) is 4.74 Å². The smallest absolute Gasteiger partial charge is 0.0615 e. The predicted molar refractivity (Wildman–Crippen MR) is 71.1 cm³/mol. The molecule has 92 valence electrons. The Labute approximate surface area is 103 Å². The molecule has 2 nitrogen and oxygen atoms in total. The van der Waals surface area contributed by atoms with Crippen LogP contribution in [0.3, 0.4) is 0 Å². The van der Waals surface area contributed by atoms with Crippen molar-refractivity contribution in [3.63, 3.8) is 0 Å². The zero-order chi connectivity index (χ0) is 11.8. The molecule has 3 heteroatoms. The van der Waals surface area contributed by atoms with Crippen LogP contribution in [0.4, 0.5) is 0 Å². The summed E-state index contributed by atoms with van der Waals surface area (Å²) in [7, 11) is 1.77. The SMILES string of the molecule is CCCCC(COC)NCc1sccc1C. The fourth-order valence-corrected chi connectivity index (χ4v) is 2.58. The molecule has 0 spiro atoms. The summed E-state index contributed by atoms with van der Waals surface area (Å²) >= 11 is 1.83. The zero-order valence-electron chi connectivity index (χ0n) is 10.6. The Hall–Kier alpha value is -0.380. The lowest BCUT2D eigenvalue weighted by atomic mass is 10.1. The summed E-state index contributed by atoms with van der Waals surface area (Å²) in [4.78, 5) is 1.44. The lowest BCUT2D eigenvalue weighted by Gasteiger charge is -2.17. The van der Waals surface area contributed by atoms with E-state index in [0.717, 1.165) is 13.2 Å². The average molecular weight is 241 g/mol. The first-order valence-corrected chi connectivity index (χ1v) is 6.91. The Morgan fingerprint density at radius 1 is 1.50 bits per heavy atom. The number of thiophene rings is 1. The molecule has 0 aliphatic heterocycles. The van der Waals surface area contributed by atoms with Gasteiger partial charge in [0.2, 0.25) is 0 Å². The monoisotopic (exact) mass is 241 g/mol. The van der Waals surface area contributed by atoms with Crippen LogP contribution >= 0.6 is 11.3 Å². The number of ether oxygens (including phenoxy) is 1. The van der Waals surface area contributed by atoms with E-state index in [1.807, 2.05) is 11.3 Å². The van der Waals surface area contributed by atoms with Gasteiger partial charge >= 0.3 is 0 Å². The number of rotatable bonds is 8. The molecule has 1 unspecified atom stereocenters. The van der Waals surface area contributed by atoms with Gasteiger partial charge in [-0.1, -0.05) is 19.8 Å². The number of methoxy groups -OCH3 is 1. The average Bonchev–Trinajstić information content (AvgIpc) is 2.68. The number of nitrogens with one attached hydrogen (secondary N) is 1. The van der Waals surface area contributed by atoms with Crippen LogP contribution in [0.15, 0.2) is 11.4 Å². The number of hydrogen-bond acceptors (Lipinski definition) is 3. The van der Waals surface area contributed by atoms with Crippen LogP contribution in [-0.2, 0) is 11.3 Å². The van der Waals surface area contributed by atoms with Crippen molar-refractivity contribution in [3.05, 3.63) is 21.9 Å². The third-order valence-corrected chi connectivity index (χ3v) is 3.82. The van der Waals surface area contributed by atoms with Crippen LogP contribution in [0.5, 0.6) is 0 Å². The van der Waals surface area contributed by atoms with Crippen molar-refractivity contribution in [1.29, 1.82) is 0 Å². The van der Waals surface area contributed by atoms with E-state index in [1.165, 1.54) is 29.7 Å². The van der Waals surface area contributed by atoms with Crippen LogP contribution in [0.25, 0.3) is 0 Å². The number of unbranched alkanes of at least 4 members (excludes halogenated alkanes) is 1. The Morgan fingerprint density at radius 2 is 2.31 bits per heavy atom. The van der Waals surface area contributed by atoms with E-state index < -0.39 is 0 Å². The molecule has 0 aliphatic carbocycles. The Kier molecular flexibility index (Phi) is 6.69.